The average molecular weight is 667 g/mol. The summed E-state index contributed by atoms with van der Waals surface area (Å²) in [6.45, 7) is 11.2. The molecule has 2 aromatic heterocycles. The first-order valence-electron chi connectivity index (χ1n) is 17.3. The van der Waals surface area contributed by atoms with Gasteiger partial charge in [0.2, 0.25) is 5.95 Å². The molecule has 49 heavy (non-hydrogen) atoms. The van der Waals surface area contributed by atoms with Gasteiger partial charge in [-0.3, -0.25) is 9.80 Å². The number of nitrogens with zero attached hydrogens (tertiary/aromatic N) is 4. The van der Waals surface area contributed by atoms with E-state index in [-0.39, 0.29) is 42.0 Å². The Balaban J connectivity index is 0.952. The van der Waals surface area contributed by atoms with Gasteiger partial charge in [-0.1, -0.05) is 48.5 Å². The molecule has 2 aliphatic heterocycles. The number of aromatic amines is 2. The second-order valence-corrected chi connectivity index (χ2v) is 16.0. The van der Waals surface area contributed by atoms with Crippen molar-refractivity contribution in [3.05, 3.63) is 72.3 Å². The molecule has 2 saturated heterocycles. The number of nitrogens with one attached hydrogen (secondary N) is 2. The molecule has 2 amide bonds. The van der Waals surface area contributed by atoms with E-state index < -0.39 is 17.1 Å². The van der Waals surface area contributed by atoms with Crippen molar-refractivity contribution in [2.24, 2.45) is 11.8 Å². The average Bonchev–Trinajstić information content (AvgIpc) is 3.67. The molecule has 0 radical (unpaired) electrons. The third-order valence-corrected chi connectivity index (χ3v) is 10.0. The monoisotopic (exact) mass is 666 g/mol. The first-order valence-corrected chi connectivity index (χ1v) is 17.3. The third-order valence-electron chi connectivity index (χ3n) is 10.0. The summed E-state index contributed by atoms with van der Waals surface area (Å²) in [6, 6.07) is 15.7. The molecule has 4 fully saturated rings. The SMILES string of the molecule is CC(C)(C)OC(=O)N1C2C[C@@H]2C[C@H]1c1ncc(-c2ccc(-c3ccc(-c4nc([C@@H]5CC6C[C@H]6N5C(=O)OC(C)(C)C)[nH]c4F)cc3)cc2)[nH]1. The molecule has 4 heterocycles. The second-order valence-electron chi connectivity index (χ2n) is 16.0. The van der Waals surface area contributed by atoms with Crippen molar-refractivity contribution in [3.8, 4) is 33.6 Å². The van der Waals surface area contributed by atoms with E-state index >= 15 is 4.39 Å². The number of carbonyl (C=O) groups is 2. The normalized spacial score (nSPS) is 25.6. The molecule has 256 valence electrons. The maximum Gasteiger partial charge on any atom is 0.411 e. The molecule has 4 aliphatic rings. The molecule has 0 bridgehead atoms. The first kappa shape index (κ1) is 31.6. The molecule has 2 N–H and O–H groups in total. The highest BCUT2D eigenvalue weighted by Crippen LogP contribution is 2.54. The molecule has 11 heteroatoms. The molecule has 2 saturated carbocycles. The van der Waals surface area contributed by atoms with Crippen LogP contribution < -0.4 is 0 Å². The Morgan fingerprint density at radius 3 is 1.67 bits per heavy atom. The molecule has 0 spiro atoms. The van der Waals surface area contributed by atoms with Crippen LogP contribution in [-0.4, -0.2) is 65.2 Å². The number of likely N-dealkylation sites (tertiary alicyclic amines) is 2. The maximum absolute atomic E-state index is 15.2. The van der Waals surface area contributed by atoms with Gasteiger partial charge >= 0.3 is 12.2 Å². The van der Waals surface area contributed by atoms with Crippen LogP contribution in [0, 0.1) is 17.8 Å². The number of carbonyl (C=O) groups excluding carboxylic acids is 2. The van der Waals surface area contributed by atoms with Gasteiger partial charge in [0.15, 0.2) is 0 Å². The Morgan fingerprint density at radius 1 is 0.694 bits per heavy atom. The third kappa shape index (κ3) is 6.08. The minimum Gasteiger partial charge on any atom is -0.444 e. The minimum atomic E-state index is -0.610. The molecule has 10 nitrogen and oxygen atoms in total. The van der Waals surface area contributed by atoms with Gasteiger partial charge in [0.25, 0.3) is 0 Å². The molecule has 8 rings (SSSR count). The van der Waals surface area contributed by atoms with Gasteiger partial charge in [-0.25, -0.2) is 19.6 Å². The van der Waals surface area contributed by atoms with Gasteiger partial charge in [-0.05, 0) is 95.8 Å². The smallest absolute Gasteiger partial charge is 0.411 e. The Labute approximate surface area is 285 Å². The number of halogens is 1. The van der Waals surface area contributed by atoms with Crippen LogP contribution in [-0.2, 0) is 9.47 Å². The number of hydrogen-bond acceptors (Lipinski definition) is 6. The number of ether oxygens (including phenoxy) is 2. The van der Waals surface area contributed by atoms with Crippen molar-refractivity contribution in [2.75, 3.05) is 0 Å². The molecular formula is C38H43FN6O4. The molecule has 2 unspecified atom stereocenters. The van der Waals surface area contributed by atoms with Crippen LogP contribution in [0.15, 0.2) is 54.7 Å². The number of fused-ring (bicyclic) bond motifs is 2. The van der Waals surface area contributed by atoms with E-state index in [4.69, 9.17) is 9.47 Å². The van der Waals surface area contributed by atoms with Crippen molar-refractivity contribution in [1.82, 2.24) is 29.7 Å². The van der Waals surface area contributed by atoms with E-state index in [0.717, 1.165) is 53.9 Å². The van der Waals surface area contributed by atoms with E-state index in [1.807, 2.05) is 101 Å². The second kappa shape index (κ2) is 11.2. The Kier molecular flexibility index (Phi) is 7.21. The topological polar surface area (TPSA) is 116 Å². The standard InChI is InChI=1S/C38H43FN6O4/c1-37(2,3)48-35(46)44-27-15-24(27)17-29(44)33-40-19-26(41-33)22-11-7-20(8-12-22)21-9-13-23(14-10-21)31-32(39)43-34(42-31)30-18-25-16-28(25)45(30)36(47)49-38(4,5)6/h7-14,19,24-25,27-30H,15-18H2,1-6H3,(H,40,41)(H,42,43)/t24-,25?,27?,28-,29+,30+/m1/s1. The van der Waals surface area contributed by atoms with Gasteiger partial charge in [-0.2, -0.15) is 4.39 Å². The maximum atomic E-state index is 15.2. The van der Waals surface area contributed by atoms with Crippen molar-refractivity contribution >= 4 is 12.2 Å². The van der Waals surface area contributed by atoms with Crippen molar-refractivity contribution < 1.29 is 23.5 Å². The van der Waals surface area contributed by atoms with Crippen LogP contribution in [0.25, 0.3) is 33.6 Å². The van der Waals surface area contributed by atoms with Crippen molar-refractivity contribution in [1.29, 1.82) is 0 Å². The van der Waals surface area contributed by atoms with Gasteiger partial charge < -0.3 is 19.4 Å². The lowest BCUT2D eigenvalue weighted by molar-refractivity contribution is 0.0164. The van der Waals surface area contributed by atoms with Gasteiger partial charge in [0, 0.05) is 17.6 Å². The van der Waals surface area contributed by atoms with Gasteiger partial charge in [0.1, 0.15) is 28.5 Å². The summed E-state index contributed by atoms with van der Waals surface area (Å²) in [5.74, 6) is 1.64. The fourth-order valence-electron chi connectivity index (χ4n) is 7.59. The first-order chi connectivity index (χ1) is 23.2. The lowest BCUT2D eigenvalue weighted by Crippen LogP contribution is -2.38. The molecule has 4 aromatic rings. The van der Waals surface area contributed by atoms with E-state index in [0.29, 0.717) is 23.2 Å². The predicted molar refractivity (Wildman–Crippen MR) is 182 cm³/mol. The molecule has 2 aliphatic carbocycles. The van der Waals surface area contributed by atoms with Crippen LogP contribution >= 0.6 is 0 Å². The largest absolute Gasteiger partial charge is 0.444 e. The molecule has 6 atom stereocenters. The fraction of sp³-hybridized carbons (Fsp3) is 0.474. The number of imidazole rings is 2. The van der Waals surface area contributed by atoms with Crippen molar-refractivity contribution in [2.45, 2.75) is 103 Å². The van der Waals surface area contributed by atoms with E-state index in [9.17, 15) is 9.59 Å². The number of H-pyrrole nitrogens is 2. The van der Waals surface area contributed by atoms with Gasteiger partial charge in [0.05, 0.1) is 24.0 Å². The highest BCUT2D eigenvalue weighted by molar-refractivity contribution is 5.73. The molecule has 2 aromatic carbocycles. The summed E-state index contributed by atoms with van der Waals surface area (Å²) in [5, 5.41) is 0. The Morgan fingerprint density at radius 2 is 1.16 bits per heavy atom. The van der Waals surface area contributed by atoms with Crippen LogP contribution in [0.4, 0.5) is 14.0 Å². The van der Waals surface area contributed by atoms with Crippen LogP contribution in [0.1, 0.15) is 91.0 Å². The van der Waals surface area contributed by atoms with E-state index in [1.54, 1.807) is 4.90 Å². The minimum absolute atomic E-state index is 0.117. The number of benzene rings is 2. The van der Waals surface area contributed by atoms with Crippen LogP contribution in [0.2, 0.25) is 0 Å². The summed E-state index contributed by atoms with van der Waals surface area (Å²) >= 11 is 0. The summed E-state index contributed by atoms with van der Waals surface area (Å²) in [6.07, 6.45) is 4.79. The predicted octanol–water partition coefficient (Wildman–Crippen LogP) is 8.41. The summed E-state index contributed by atoms with van der Waals surface area (Å²) in [4.78, 5) is 45.2. The Bertz CT molecular complexity index is 1900. The number of hydrogen-bond donors (Lipinski definition) is 2. The molecular weight excluding hydrogens is 623 g/mol. The summed E-state index contributed by atoms with van der Waals surface area (Å²) in [5.41, 5.74) is 3.61. The Hall–Kier alpha value is -4.67. The number of amides is 2. The lowest BCUT2D eigenvalue weighted by atomic mass is 10.0. The fourth-order valence-corrected chi connectivity index (χ4v) is 7.59. The van der Waals surface area contributed by atoms with Crippen LogP contribution in [0.5, 0.6) is 0 Å². The van der Waals surface area contributed by atoms with Crippen LogP contribution in [0.3, 0.4) is 0 Å². The number of piperidine rings is 2. The number of rotatable bonds is 5. The zero-order chi connectivity index (χ0) is 34.4. The lowest BCUT2D eigenvalue weighted by Gasteiger charge is -2.29. The van der Waals surface area contributed by atoms with Crippen molar-refractivity contribution in [3.63, 3.8) is 0 Å². The quantitative estimate of drug-likeness (QED) is 0.221. The highest BCUT2D eigenvalue weighted by atomic mass is 19.1. The van der Waals surface area contributed by atoms with E-state index in [1.165, 1.54) is 0 Å². The number of aromatic nitrogens is 4. The highest BCUT2D eigenvalue weighted by Gasteiger charge is 2.57. The zero-order valence-corrected chi connectivity index (χ0v) is 28.8. The van der Waals surface area contributed by atoms with E-state index in [2.05, 4.69) is 19.9 Å². The van der Waals surface area contributed by atoms with Gasteiger partial charge in [-0.15, -0.1) is 0 Å². The zero-order valence-electron chi connectivity index (χ0n) is 28.8. The summed E-state index contributed by atoms with van der Waals surface area (Å²) < 4.78 is 26.6. The summed E-state index contributed by atoms with van der Waals surface area (Å²) in [7, 11) is 0.